The zero-order chi connectivity index (χ0) is 20.9. The number of aromatic nitrogens is 1. The quantitative estimate of drug-likeness (QED) is 0.627. The van der Waals surface area contributed by atoms with Crippen molar-refractivity contribution in [1.29, 1.82) is 0 Å². The van der Waals surface area contributed by atoms with Gasteiger partial charge >= 0.3 is 0 Å². The van der Waals surface area contributed by atoms with Crippen LogP contribution in [-0.2, 0) is 12.8 Å². The van der Waals surface area contributed by atoms with E-state index in [1.807, 2.05) is 0 Å². The first-order valence-corrected chi connectivity index (χ1v) is 10.0. The number of hydrogen-bond acceptors (Lipinski definition) is 5. The van der Waals surface area contributed by atoms with Gasteiger partial charge in [0.25, 0.3) is 5.91 Å². The summed E-state index contributed by atoms with van der Waals surface area (Å²) in [5, 5.41) is 7.65. The molecule has 1 aromatic carbocycles. The van der Waals surface area contributed by atoms with E-state index in [0.29, 0.717) is 27.8 Å². The van der Waals surface area contributed by atoms with Crippen molar-refractivity contribution in [3.05, 3.63) is 56.0 Å². The summed E-state index contributed by atoms with van der Waals surface area (Å²) in [7, 11) is 0. The first-order valence-electron chi connectivity index (χ1n) is 9.66. The van der Waals surface area contributed by atoms with Crippen molar-refractivity contribution in [2.75, 3.05) is 5.32 Å². The van der Waals surface area contributed by atoms with Gasteiger partial charge in [-0.05, 0) is 55.2 Å². The van der Waals surface area contributed by atoms with Gasteiger partial charge in [0, 0.05) is 16.7 Å². The van der Waals surface area contributed by atoms with Crippen LogP contribution in [0.25, 0.3) is 11.0 Å². The average Bonchev–Trinajstić information content (AvgIpc) is 3.04. The molecule has 6 nitrogen and oxygen atoms in total. The van der Waals surface area contributed by atoms with Gasteiger partial charge in [0.1, 0.15) is 5.58 Å². The maximum absolute atomic E-state index is 12.8. The minimum absolute atomic E-state index is 0.0856. The number of amides is 1. The lowest BCUT2D eigenvalue weighted by Crippen LogP contribution is -2.27. The highest BCUT2D eigenvalue weighted by atomic mass is 35.5. The number of halogens is 1. The molecule has 1 aliphatic rings. The minimum atomic E-state index is -0.548. The summed E-state index contributed by atoms with van der Waals surface area (Å²) in [6.07, 6.45) is 2.65. The molecule has 1 N–H and O–H groups in total. The fourth-order valence-corrected chi connectivity index (χ4v) is 3.96. The van der Waals surface area contributed by atoms with Gasteiger partial charge in [-0.1, -0.05) is 37.5 Å². The molecule has 2 aromatic heterocycles. The molecule has 0 saturated heterocycles. The summed E-state index contributed by atoms with van der Waals surface area (Å²) >= 11 is 6.09. The van der Waals surface area contributed by atoms with E-state index in [0.717, 1.165) is 36.1 Å². The second-order valence-electron chi connectivity index (χ2n) is 8.77. The molecule has 0 fully saturated rings. The Morgan fingerprint density at radius 2 is 2.03 bits per heavy atom. The fraction of sp³-hybridized carbons (Fsp3) is 0.409. The van der Waals surface area contributed by atoms with E-state index in [4.69, 9.17) is 20.5 Å². The predicted octanol–water partition coefficient (Wildman–Crippen LogP) is 5.15. The van der Waals surface area contributed by atoms with E-state index < -0.39 is 5.91 Å². The number of nitrogens with zero attached hydrogens (tertiary/aromatic N) is 1. The molecule has 0 spiro atoms. The predicted molar refractivity (Wildman–Crippen MR) is 112 cm³/mol. The van der Waals surface area contributed by atoms with Crippen molar-refractivity contribution in [3.63, 3.8) is 0 Å². The van der Waals surface area contributed by atoms with Gasteiger partial charge < -0.3 is 8.94 Å². The van der Waals surface area contributed by atoms with Crippen LogP contribution in [0, 0.1) is 18.3 Å². The third-order valence-corrected chi connectivity index (χ3v) is 6.14. The molecule has 1 amide bonds. The Morgan fingerprint density at radius 1 is 1.28 bits per heavy atom. The number of benzene rings is 1. The molecule has 0 radical (unpaired) electrons. The number of hydrogen-bond donors (Lipinski definition) is 1. The Labute approximate surface area is 173 Å². The zero-order valence-corrected chi connectivity index (χ0v) is 17.6. The van der Waals surface area contributed by atoms with Crippen LogP contribution >= 0.6 is 11.6 Å². The summed E-state index contributed by atoms with van der Waals surface area (Å²) in [5.74, 6) is 0.163. The Hall–Kier alpha value is -2.60. The number of aryl methyl sites for hydroxylation is 2. The first-order chi connectivity index (χ1) is 13.6. The van der Waals surface area contributed by atoms with Crippen LogP contribution in [0.4, 0.5) is 5.88 Å². The lowest BCUT2D eigenvalue weighted by Gasteiger charge is -2.33. The van der Waals surface area contributed by atoms with Crippen molar-refractivity contribution < 1.29 is 13.7 Å². The normalized spacial score (nSPS) is 16.7. The van der Waals surface area contributed by atoms with E-state index in [-0.39, 0.29) is 16.6 Å². The van der Waals surface area contributed by atoms with Crippen molar-refractivity contribution >= 4 is 34.4 Å². The van der Waals surface area contributed by atoms with Crippen LogP contribution in [0.1, 0.15) is 54.6 Å². The van der Waals surface area contributed by atoms with Crippen molar-refractivity contribution in [1.82, 2.24) is 5.16 Å². The average molecular weight is 415 g/mol. The molecule has 3 aromatic rings. The smallest absolute Gasteiger partial charge is 0.293 e. The largest absolute Gasteiger partial charge is 0.451 e. The van der Waals surface area contributed by atoms with Crippen molar-refractivity contribution in [2.24, 2.45) is 11.3 Å². The zero-order valence-electron chi connectivity index (χ0n) is 16.9. The monoisotopic (exact) mass is 414 g/mol. The summed E-state index contributed by atoms with van der Waals surface area (Å²) in [6.45, 7) is 8.45. The summed E-state index contributed by atoms with van der Waals surface area (Å²) in [5.41, 5.74) is 2.71. The lowest BCUT2D eigenvalue weighted by atomic mass is 9.72. The number of carbonyl (C=O) groups excluding carboxylic acids is 1. The van der Waals surface area contributed by atoms with Gasteiger partial charge in [-0.15, -0.1) is 0 Å². The number of carbonyl (C=O) groups is 1. The van der Waals surface area contributed by atoms with Gasteiger partial charge in [0.2, 0.25) is 5.88 Å². The Morgan fingerprint density at radius 3 is 2.76 bits per heavy atom. The molecule has 2 heterocycles. The molecule has 29 heavy (non-hydrogen) atoms. The standard InChI is InChI=1S/C22H23ClN2O4/c1-11-7-18-14(9-15(11)23)17(26)10-19(28-18)20(27)24-21-13-8-12(22(2,3)4)5-6-16(13)25-29-21/h7,9-10,12H,5-6,8H2,1-4H3,(H,24,27)/t12-/m1/s1. The van der Waals surface area contributed by atoms with E-state index in [2.05, 4.69) is 31.2 Å². The maximum Gasteiger partial charge on any atom is 0.293 e. The van der Waals surface area contributed by atoms with Crippen LogP contribution in [0.3, 0.4) is 0 Å². The number of fused-ring (bicyclic) bond motifs is 2. The molecule has 4 rings (SSSR count). The fourth-order valence-electron chi connectivity index (χ4n) is 3.80. The first kappa shape index (κ1) is 19.7. The molecule has 0 aliphatic heterocycles. The van der Waals surface area contributed by atoms with Crippen LogP contribution < -0.4 is 10.7 Å². The molecule has 7 heteroatoms. The van der Waals surface area contributed by atoms with Crippen molar-refractivity contribution in [2.45, 2.75) is 47.0 Å². The van der Waals surface area contributed by atoms with Gasteiger partial charge in [0.15, 0.2) is 11.2 Å². The van der Waals surface area contributed by atoms with E-state index in [9.17, 15) is 9.59 Å². The molecule has 0 unspecified atom stereocenters. The Kier molecular flexibility index (Phi) is 4.77. The topological polar surface area (TPSA) is 85.3 Å². The molecule has 0 saturated carbocycles. The third-order valence-electron chi connectivity index (χ3n) is 5.73. The van der Waals surface area contributed by atoms with Gasteiger partial charge in [-0.25, -0.2) is 0 Å². The van der Waals surface area contributed by atoms with Crippen molar-refractivity contribution in [3.8, 4) is 0 Å². The van der Waals surface area contributed by atoms with Crippen LogP contribution in [0.2, 0.25) is 5.02 Å². The minimum Gasteiger partial charge on any atom is -0.451 e. The number of rotatable bonds is 2. The molecule has 1 aliphatic carbocycles. The second-order valence-corrected chi connectivity index (χ2v) is 9.18. The highest BCUT2D eigenvalue weighted by Crippen LogP contribution is 2.39. The molecular formula is C22H23ClN2O4. The van der Waals surface area contributed by atoms with E-state index >= 15 is 0 Å². The Bertz CT molecular complexity index is 1170. The lowest BCUT2D eigenvalue weighted by molar-refractivity contribution is 0.0994. The molecule has 152 valence electrons. The summed E-state index contributed by atoms with van der Waals surface area (Å²) in [6, 6.07) is 4.38. The highest BCUT2D eigenvalue weighted by molar-refractivity contribution is 6.32. The number of anilines is 1. The maximum atomic E-state index is 12.8. The molecule has 1 atom stereocenters. The summed E-state index contributed by atoms with van der Waals surface area (Å²) < 4.78 is 11.1. The summed E-state index contributed by atoms with van der Waals surface area (Å²) in [4.78, 5) is 25.2. The highest BCUT2D eigenvalue weighted by Gasteiger charge is 2.33. The van der Waals surface area contributed by atoms with E-state index in [1.165, 1.54) is 6.07 Å². The molecular weight excluding hydrogens is 392 g/mol. The van der Waals surface area contributed by atoms with Crippen LogP contribution in [0.15, 0.2) is 31.9 Å². The van der Waals surface area contributed by atoms with Gasteiger partial charge in [-0.3, -0.25) is 14.9 Å². The number of nitrogens with one attached hydrogen (secondary N) is 1. The Balaban J connectivity index is 1.64. The van der Waals surface area contributed by atoms with Gasteiger partial charge in [0.05, 0.1) is 11.1 Å². The van der Waals surface area contributed by atoms with Gasteiger partial charge in [-0.2, -0.15) is 0 Å². The molecule has 0 bridgehead atoms. The third kappa shape index (κ3) is 3.69. The SMILES string of the molecule is Cc1cc2oc(C(=O)Nc3onc4c3C[C@H](C(C)(C)C)CC4)cc(=O)c2cc1Cl. The van der Waals surface area contributed by atoms with Crippen LogP contribution in [-0.4, -0.2) is 11.1 Å². The second kappa shape index (κ2) is 7.02. The van der Waals surface area contributed by atoms with E-state index in [1.54, 1.807) is 19.1 Å². The van der Waals surface area contributed by atoms with Crippen LogP contribution in [0.5, 0.6) is 0 Å².